The van der Waals surface area contributed by atoms with Gasteiger partial charge in [-0.1, -0.05) is 57.9 Å². The van der Waals surface area contributed by atoms with Crippen LogP contribution in [0.5, 0.6) is 17.2 Å². The Balaban J connectivity index is 1.32. The van der Waals surface area contributed by atoms with Gasteiger partial charge in [0.25, 0.3) is 11.8 Å². The molecule has 1 aliphatic heterocycles. The smallest absolute Gasteiger partial charge is 0.335 e. The predicted molar refractivity (Wildman–Crippen MR) is 167 cm³/mol. The van der Waals surface area contributed by atoms with Gasteiger partial charge in [-0.25, -0.2) is 9.69 Å². The molecule has 0 atom stereocenters. The van der Waals surface area contributed by atoms with Crippen molar-refractivity contribution in [1.82, 2.24) is 5.32 Å². The highest BCUT2D eigenvalue weighted by molar-refractivity contribution is 9.10. The van der Waals surface area contributed by atoms with Gasteiger partial charge in [-0.3, -0.25) is 14.9 Å². The first-order valence-corrected chi connectivity index (χ1v) is 14.5. The second-order valence-corrected chi connectivity index (χ2v) is 10.8. The molecule has 1 aliphatic rings. The number of hydrogen-bond donors (Lipinski definition) is 1. The van der Waals surface area contributed by atoms with Gasteiger partial charge in [-0.15, -0.1) is 0 Å². The Labute approximate surface area is 261 Å². The number of carbonyl (C=O) groups excluding carboxylic acids is 3. The zero-order valence-electron chi connectivity index (χ0n) is 23.0. The monoisotopic (exact) mass is 660 g/mol. The standard InChI is InChI=1S/C33H26BrClN2O6/c1-2-41-30-18-22(8-15-29(30)43-20-23-4-3-5-25(35)16-23)17-28-31(38)36-33(40)37(32(28)39)26-11-13-27(14-12-26)42-19-21-6-9-24(34)10-7-21/h3-18H,2,19-20H2,1H3,(H,36,38,40)/b28-17+. The average molecular weight is 662 g/mol. The zero-order valence-corrected chi connectivity index (χ0v) is 25.4. The van der Waals surface area contributed by atoms with Gasteiger partial charge in [-0.2, -0.15) is 0 Å². The van der Waals surface area contributed by atoms with Crippen LogP contribution in [0.4, 0.5) is 10.5 Å². The lowest BCUT2D eigenvalue weighted by molar-refractivity contribution is -0.122. The molecule has 0 unspecified atom stereocenters. The number of ether oxygens (including phenoxy) is 3. The van der Waals surface area contributed by atoms with Crippen LogP contribution in [-0.4, -0.2) is 24.5 Å². The number of nitrogens with one attached hydrogen (secondary N) is 1. The lowest BCUT2D eigenvalue weighted by Crippen LogP contribution is -2.54. The highest BCUT2D eigenvalue weighted by Crippen LogP contribution is 2.31. The molecule has 8 nitrogen and oxygen atoms in total. The summed E-state index contributed by atoms with van der Waals surface area (Å²) in [5.41, 5.74) is 2.48. The predicted octanol–water partition coefficient (Wildman–Crippen LogP) is 7.33. The second kappa shape index (κ2) is 13.6. The molecule has 4 aromatic carbocycles. The van der Waals surface area contributed by atoms with Crippen molar-refractivity contribution in [3.05, 3.63) is 123 Å². The molecule has 1 fully saturated rings. The highest BCUT2D eigenvalue weighted by atomic mass is 79.9. The Morgan fingerprint density at radius 3 is 2.28 bits per heavy atom. The van der Waals surface area contributed by atoms with Crippen molar-refractivity contribution in [2.75, 3.05) is 11.5 Å². The number of anilines is 1. The van der Waals surface area contributed by atoms with E-state index in [9.17, 15) is 14.4 Å². The fraction of sp³-hybridized carbons (Fsp3) is 0.121. The van der Waals surface area contributed by atoms with Crippen molar-refractivity contribution < 1.29 is 28.6 Å². The number of benzene rings is 4. The lowest BCUT2D eigenvalue weighted by Gasteiger charge is -2.26. The minimum Gasteiger partial charge on any atom is -0.490 e. The molecule has 1 saturated heterocycles. The molecule has 0 aliphatic carbocycles. The Hall–Kier alpha value is -4.60. The maximum Gasteiger partial charge on any atom is 0.335 e. The van der Waals surface area contributed by atoms with E-state index in [0.717, 1.165) is 20.5 Å². The molecule has 1 heterocycles. The maximum absolute atomic E-state index is 13.4. The summed E-state index contributed by atoms with van der Waals surface area (Å²) >= 11 is 9.48. The van der Waals surface area contributed by atoms with E-state index in [1.54, 1.807) is 48.5 Å². The topological polar surface area (TPSA) is 94.2 Å². The Morgan fingerprint density at radius 1 is 0.814 bits per heavy atom. The van der Waals surface area contributed by atoms with Gasteiger partial charge < -0.3 is 14.2 Å². The molecule has 1 N–H and O–H groups in total. The third-order valence-electron chi connectivity index (χ3n) is 6.38. The quantitative estimate of drug-likeness (QED) is 0.141. The van der Waals surface area contributed by atoms with E-state index in [1.807, 2.05) is 49.4 Å². The summed E-state index contributed by atoms with van der Waals surface area (Å²) in [6, 6.07) is 25.8. The molecular formula is C33H26BrClN2O6. The SMILES string of the molecule is CCOc1cc(/C=C2\C(=O)NC(=O)N(c3ccc(OCc4ccc(Br)cc4)cc3)C2=O)ccc1OCc1cccc(Cl)c1. The summed E-state index contributed by atoms with van der Waals surface area (Å²) in [6.45, 7) is 2.83. The van der Waals surface area contributed by atoms with Crippen LogP contribution in [0.15, 0.2) is 101 Å². The molecule has 0 radical (unpaired) electrons. The number of urea groups is 1. The van der Waals surface area contributed by atoms with Crippen LogP contribution in [0.1, 0.15) is 23.6 Å². The van der Waals surface area contributed by atoms with Gasteiger partial charge in [-0.05, 0) is 90.4 Å². The van der Waals surface area contributed by atoms with Crippen LogP contribution >= 0.6 is 27.5 Å². The first-order chi connectivity index (χ1) is 20.8. The largest absolute Gasteiger partial charge is 0.490 e. The van der Waals surface area contributed by atoms with Crippen LogP contribution in [0, 0.1) is 0 Å². The lowest BCUT2D eigenvalue weighted by atomic mass is 10.1. The van der Waals surface area contributed by atoms with Crippen LogP contribution in [0.2, 0.25) is 5.02 Å². The number of halogens is 2. The third-order valence-corrected chi connectivity index (χ3v) is 7.14. The number of amides is 4. The third kappa shape index (κ3) is 7.43. The summed E-state index contributed by atoms with van der Waals surface area (Å²) in [6.07, 6.45) is 1.41. The Kier molecular flexibility index (Phi) is 9.44. The zero-order chi connectivity index (χ0) is 30.3. The van der Waals surface area contributed by atoms with E-state index >= 15 is 0 Å². The summed E-state index contributed by atoms with van der Waals surface area (Å²) in [7, 11) is 0. The van der Waals surface area contributed by atoms with Crippen LogP contribution in [0.25, 0.3) is 6.08 Å². The molecule has 5 rings (SSSR count). The molecule has 43 heavy (non-hydrogen) atoms. The molecular weight excluding hydrogens is 636 g/mol. The minimum absolute atomic E-state index is 0.204. The van der Waals surface area contributed by atoms with E-state index in [4.69, 9.17) is 25.8 Å². The Morgan fingerprint density at radius 2 is 1.56 bits per heavy atom. The van der Waals surface area contributed by atoms with Gasteiger partial charge in [0, 0.05) is 9.50 Å². The molecule has 0 bridgehead atoms. The summed E-state index contributed by atoms with van der Waals surface area (Å²) in [4.78, 5) is 39.7. The van der Waals surface area contributed by atoms with Crippen LogP contribution in [-0.2, 0) is 22.8 Å². The van der Waals surface area contributed by atoms with Gasteiger partial charge in [0.2, 0.25) is 0 Å². The number of nitrogens with zero attached hydrogens (tertiary/aromatic N) is 1. The number of rotatable bonds is 10. The highest BCUT2D eigenvalue weighted by Gasteiger charge is 2.36. The first-order valence-electron chi connectivity index (χ1n) is 13.3. The van der Waals surface area contributed by atoms with Crippen LogP contribution in [0.3, 0.4) is 0 Å². The van der Waals surface area contributed by atoms with E-state index in [2.05, 4.69) is 21.2 Å². The van der Waals surface area contributed by atoms with E-state index < -0.39 is 17.8 Å². The minimum atomic E-state index is -0.838. The van der Waals surface area contributed by atoms with E-state index in [0.29, 0.717) is 41.0 Å². The summed E-state index contributed by atoms with van der Waals surface area (Å²) in [5.74, 6) is -0.0576. The summed E-state index contributed by atoms with van der Waals surface area (Å²) in [5, 5.41) is 2.85. The van der Waals surface area contributed by atoms with Crippen molar-refractivity contribution in [3.63, 3.8) is 0 Å². The molecule has 10 heteroatoms. The van der Waals surface area contributed by atoms with E-state index in [-0.39, 0.29) is 17.9 Å². The number of hydrogen-bond acceptors (Lipinski definition) is 6. The van der Waals surface area contributed by atoms with Gasteiger partial charge in [0.1, 0.15) is 24.5 Å². The van der Waals surface area contributed by atoms with Crippen LogP contribution < -0.4 is 24.4 Å². The van der Waals surface area contributed by atoms with Crippen molar-refractivity contribution >= 4 is 57.1 Å². The summed E-state index contributed by atoms with van der Waals surface area (Å²) < 4.78 is 18.5. The maximum atomic E-state index is 13.4. The fourth-order valence-electron chi connectivity index (χ4n) is 4.29. The number of barbiturate groups is 1. The number of imide groups is 2. The molecule has 0 spiro atoms. The van der Waals surface area contributed by atoms with Gasteiger partial charge >= 0.3 is 6.03 Å². The molecule has 218 valence electrons. The second-order valence-electron chi connectivity index (χ2n) is 9.42. The number of carbonyl (C=O) groups is 3. The molecule has 4 amide bonds. The average Bonchev–Trinajstić information content (AvgIpc) is 2.99. The van der Waals surface area contributed by atoms with Crippen molar-refractivity contribution in [3.8, 4) is 17.2 Å². The van der Waals surface area contributed by atoms with E-state index in [1.165, 1.54) is 6.08 Å². The normalized spacial score (nSPS) is 14.1. The van der Waals surface area contributed by atoms with Crippen molar-refractivity contribution in [2.45, 2.75) is 20.1 Å². The molecule has 0 saturated carbocycles. The Bertz CT molecular complexity index is 1690. The van der Waals surface area contributed by atoms with Gasteiger partial charge in [0.15, 0.2) is 11.5 Å². The molecule has 4 aromatic rings. The van der Waals surface area contributed by atoms with Gasteiger partial charge in [0.05, 0.1) is 12.3 Å². The van der Waals surface area contributed by atoms with Crippen molar-refractivity contribution in [1.29, 1.82) is 0 Å². The van der Waals surface area contributed by atoms with Crippen molar-refractivity contribution in [2.24, 2.45) is 0 Å². The fourth-order valence-corrected chi connectivity index (χ4v) is 4.76. The first kappa shape index (κ1) is 29.9. The molecule has 0 aromatic heterocycles.